The van der Waals surface area contributed by atoms with Crippen LogP contribution in [0.25, 0.3) is 11.3 Å². The van der Waals surface area contributed by atoms with Crippen LogP contribution >= 0.6 is 0 Å². The van der Waals surface area contributed by atoms with Gasteiger partial charge in [-0.1, -0.05) is 0 Å². The highest BCUT2D eigenvalue weighted by Crippen LogP contribution is 2.19. The largest absolute Gasteiger partial charge is 0.381 e. The zero-order valence-corrected chi connectivity index (χ0v) is 9.40. The fourth-order valence-corrected chi connectivity index (χ4v) is 2.20. The molecule has 0 bridgehead atoms. The molecule has 1 fully saturated rings. The first kappa shape index (κ1) is 10.5. The van der Waals surface area contributed by atoms with Crippen molar-refractivity contribution in [3.8, 4) is 0 Å². The van der Waals surface area contributed by atoms with Gasteiger partial charge in [-0.2, -0.15) is 0 Å². The summed E-state index contributed by atoms with van der Waals surface area (Å²) < 4.78 is 5.32. The van der Waals surface area contributed by atoms with E-state index in [2.05, 4.69) is 19.9 Å². The number of aromatic amines is 2. The van der Waals surface area contributed by atoms with Crippen LogP contribution in [-0.2, 0) is 11.2 Å². The van der Waals surface area contributed by atoms with E-state index in [4.69, 9.17) is 4.74 Å². The van der Waals surface area contributed by atoms with E-state index in [1.807, 2.05) is 0 Å². The van der Waals surface area contributed by atoms with E-state index >= 15 is 0 Å². The van der Waals surface area contributed by atoms with Crippen LogP contribution in [-0.4, -0.2) is 33.1 Å². The molecule has 3 heterocycles. The number of hydrogen-bond donors (Lipinski definition) is 2. The van der Waals surface area contributed by atoms with E-state index in [0.29, 0.717) is 17.2 Å². The maximum absolute atomic E-state index is 11.1. The average molecular weight is 234 g/mol. The van der Waals surface area contributed by atoms with Crippen LogP contribution in [0, 0.1) is 5.92 Å². The molecule has 1 aliphatic heterocycles. The molecule has 0 atom stereocenters. The monoisotopic (exact) mass is 234 g/mol. The van der Waals surface area contributed by atoms with Gasteiger partial charge >= 0.3 is 5.69 Å². The zero-order chi connectivity index (χ0) is 11.7. The molecule has 2 aromatic rings. The third-order valence-electron chi connectivity index (χ3n) is 3.12. The number of nitrogens with one attached hydrogen (secondary N) is 2. The van der Waals surface area contributed by atoms with Crippen molar-refractivity contribution in [2.75, 3.05) is 13.2 Å². The second-order valence-electron chi connectivity index (χ2n) is 4.40. The Bertz CT molecular complexity index is 568. The molecule has 6 nitrogen and oxygen atoms in total. The quantitative estimate of drug-likeness (QED) is 0.797. The Balaban J connectivity index is 1.82. The van der Waals surface area contributed by atoms with E-state index < -0.39 is 0 Å². The summed E-state index contributed by atoms with van der Waals surface area (Å²) in [6.07, 6.45) is 4.79. The smallest absolute Gasteiger partial charge is 0.326 e. The third-order valence-corrected chi connectivity index (χ3v) is 3.12. The maximum Gasteiger partial charge on any atom is 0.326 e. The molecule has 1 saturated heterocycles. The Kier molecular flexibility index (Phi) is 2.64. The van der Waals surface area contributed by atoms with Crippen molar-refractivity contribution < 1.29 is 4.74 Å². The number of rotatable bonds is 2. The molecule has 0 spiro atoms. The maximum atomic E-state index is 11.1. The molecule has 0 amide bonds. The second kappa shape index (κ2) is 4.29. The first-order valence-corrected chi connectivity index (χ1v) is 5.83. The van der Waals surface area contributed by atoms with E-state index in [1.165, 1.54) is 0 Å². The van der Waals surface area contributed by atoms with Crippen molar-refractivity contribution >= 4 is 11.3 Å². The first-order chi connectivity index (χ1) is 8.31. The summed E-state index contributed by atoms with van der Waals surface area (Å²) in [6.45, 7) is 1.67. The Hall–Kier alpha value is -1.69. The van der Waals surface area contributed by atoms with E-state index in [0.717, 1.165) is 38.2 Å². The fourth-order valence-electron chi connectivity index (χ4n) is 2.20. The van der Waals surface area contributed by atoms with Crippen molar-refractivity contribution in [3.05, 3.63) is 22.4 Å². The van der Waals surface area contributed by atoms with Gasteiger partial charge < -0.3 is 4.74 Å². The van der Waals surface area contributed by atoms with Gasteiger partial charge in [0.2, 0.25) is 0 Å². The van der Waals surface area contributed by atoms with Gasteiger partial charge in [-0.05, 0) is 25.2 Å². The summed E-state index contributed by atoms with van der Waals surface area (Å²) in [5.74, 6) is 0.612. The van der Waals surface area contributed by atoms with E-state index in [-0.39, 0.29) is 5.69 Å². The lowest BCUT2D eigenvalue weighted by molar-refractivity contribution is 0.0663. The molecule has 3 rings (SSSR count). The first-order valence-electron chi connectivity index (χ1n) is 5.83. The van der Waals surface area contributed by atoms with Crippen molar-refractivity contribution in [3.63, 3.8) is 0 Å². The minimum atomic E-state index is -0.261. The summed E-state index contributed by atoms with van der Waals surface area (Å²) in [7, 11) is 0. The number of nitrogens with zero attached hydrogens (tertiary/aromatic N) is 2. The lowest BCUT2D eigenvalue weighted by atomic mass is 9.95. The molecular weight excluding hydrogens is 220 g/mol. The summed E-state index contributed by atoms with van der Waals surface area (Å²) in [6, 6.07) is 0. The lowest BCUT2D eigenvalue weighted by Gasteiger charge is -2.21. The summed E-state index contributed by atoms with van der Waals surface area (Å²) in [4.78, 5) is 24.9. The standard InChI is InChI=1S/C11H14N4O2/c16-11-14-9-10(15-11)13-8(6-12-9)5-7-1-3-17-4-2-7/h6-7H,1-5H2,(H2,12,13,14,15,16). The van der Waals surface area contributed by atoms with Crippen LogP contribution in [0.4, 0.5) is 0 Å². The lowest BCUT2D eigenvalue weighted by Crippen LogP contribution is -2.18. The van der Waals surface area contributed by atoms with Crippen molar-refractivity contribution in [2.24, 2.45) is 5.92 Å². The topological polar surface area (TPSA) is 83.7 Å². The number of imidazole rings is 1. The van der Waals surface area contributed by atoms with Crippen LogP contribution in [0.5, 0.6) is 0 Å². The van der Waals surface area contributed by atoms with Crippen LogP contribution < -0.4 is 5.69 Å². The van der Waals surface area contributed by atoms with Gasteiger partial charge in [0, 0.05) is 13.2 Å². The molecular formula is C11H14N4O2. The van der Waals surface area contributed by atoms with Crippen LogP contribution in [0.3, 0.4) is 0 Å². The molecule has 2 aromatic heterocycles. The SMILES string of the molecule is O=c1[nH]c2ncc(CC3CCOCC3)nc2[nH]1. The van der Waals surface area contributed by atoms with Gasteiger partial charge in [0.1, 0.15) is 0 Å². The molecule has 6 heteroatoms. The van der Waals surface area contributed by atoms with Crippen molar-refractivity contribution in [1.29, 1.82) is 0 Å². The molecule has 0 aromatic carbocycles. The number of H-pyrrole nitrogens is 2. The van der Waals surface area contributed by atoms with Gasteiger partial charge in [-0.3, -0.25) is 9.97 Å². The van der Waals surface area contributed by atoms with Gasteiger partial charge in [0.25, 0.3) is 0 Å². The van der Waals surface area contributed by atoms with Crippen molar-refractivity contribution in [2.45, 2.75) is 19.3 Å². The van der Waals surface area contributed by atoms with E-state index in [1.54, 1.807) is 6.20 Å². The Morgan fingerprint density at radius 2 is 2.06 bits per heavy atom. The minimum Gasteiger partial charge on any atom is -0.381 e. The average Bonchev–Trinajstić information content (AvgIpc) is 2.70. The van der Waals surface area contributed by atoms with Crippen LogP contribution in [0.15, 0.2) is 11.0 Å². The predicted octanol–water partition coefficient (Wildman–Crippen LogP) is 0.615. The Labute approximate surface area is 97.4 Å². The molecule has 0 aliphatic carbocycles. The molecule has 1 aliphatic rings. The van der Waals surface area contributed by atoms with Gasteiger partial charge in [0.15, 0.2) is 11.3 Å². The van der Waals surface area contributed by atoms with Gasteiger partial charge in [0.05, 0.1) is 11.9 Å². The zero-order valence-electron chi connectivity index (χ0n) is 9.40. The summed E-state index contributed by atoms with van der Waals surface area (Å²) >= 11 is 0. The third kappa shape index (κ3) is 2.21. The summed E-state index contributed by atoms with van der Waals surface area (Å²) in [5.41, 5.74) is 1.73. The number of fused-ring (bicyclic) bond motifs is 1. The molecule has 2 N–H and O–H groups in total. The van der Waals surface area contributed by atoms with E-state index in [9.17, 15) is 4.79 Å². The number of aromatic nitrogens is 4. The highest BCUT2D eigenvalue weighted by molar-refractivity contribution is 5.63. The number of ether oxygens (including phenoxy) is 1. The minimum absolute atomic E-state index is 0.261. The predicted molar refractivity (Wildman–Crippen MR) is 61.8 cm³/mol. The molecule has 0 radical (unpaired) electrons. The number of hydrogen-bond acceptors (Lipinski definition) is 4. The van der Waals surface area contributed by atoms with Crippen molar-refractivity contribution in [1.82, 2.24) is 19.9 Å². The molecule has 0 saturated carbocycles. The Morgan fingerprint density at radius 3 is 2.88 bits per heavy atom. The fraction of sp³-hybridized carbons (Fsp3) is 0.545. The Morgan fingerprint density at radius 1 is 1.29 bits per heavy atom. The summed E-state index contributed by atoms with van der Waals surface area (Å²) in [5, 5.41) is 0. The molecule has 0 unspecified atom stereocenters. The van der Waals surface area contributed by atoms with Crippen LogP contribution in [0.2, 0.25) is 0 Å². The highest BCUT2D eigenvalue weighted by Gasteiger charge is 2.15. The van der Waals surface area contributed by atoms with Gasteiger partial charge in [-0.15, -0.1) is 0 Å². The normalized spacial score (nSPS) is 17.6. The van der Waals surface area contributed by atoms with Crippen LogP contribution in [0.1, 0.15) is 18.5 Å². The molecule has 90 valence electrons. The molecule has 17 heavy (non-hydrogen) atoms. The van der Waals surface area contributed by atoms with Gasteiger partial charge in [-0.25, -0.2) is 14.8 Å². The second-order valence-corrected chi connectivity index (χ2v) is 4.40. The highest BCUT2D eigenvalue weighted by atomic mass is 16.5.